The number of carboxylic acid groups (broad SMARTS) is 1. The predicted octanol–water partition coefficient (Wildman–Crippen LogP) is 2.21. The molecule has 3 rings (SSSR count). The van der Waals surface area contributed by atoms with Crippen LogP contribution in [0.3, 0.4) is 0 Å². The second-order valence-corrected chi connectivity index (χ2v) is 6.04. The number of carboxylic acids is 1. The van der Waals surface area contributed by atoms with Crippen LogP contribution in [0.2, 0.25) is 0 Å². The summed E-state index contributed by atoms with van der Waals surface area (Å²) in [5, 5.41) is 21.3. The summed E-state index contributed by atoms with van der Waals surface area (Å²) in [6.45, 7) is 0. The number of aryl methyl sites for hydroxylation is 1. The van der Waals surface area contributed by atoms with Crippen LogP contribution >= 0.6 is 0 Å². The number of aliphatic carboxylic acids is 1. The number of nitrogens with two attached hydrogens (primary N) is 1. The SMILES string of the molecule is Cn1cc(CC(NN)C(=O)O)c2c([N+](=O)[O-])cc(-c3ccccc3)cc21. The second kappa shape index (κ2) is 6.95. The molecule has 0 aliphatic heterocycles. The third kappa shape index (κ3) is 3.15. The average Bonchev–Trinajstić information content (AvgIpc) is 2.95. The summed E-state index contributed by atoms with van der Waals surface area (Å²) in [5.41, 5.74) is 4.98. The molecule has 1 heterocycles. The molecule has 0 saturated heterocycles. The minimum absolute atomic E-state index is 0.0364. The lowest BCUT2D eigenvalue weighted by Crippen LogP contribution is -2.42. The number of nitrogens with one attached hydrogen (secondary N) is 1. The first-order chi connectivity index (χ1) is 12.4. The minimum atomic E-state index is -1.12. The zero-order valence-corrected chi connectivity index (χ0v) is 14.0. The molecule has 1 unspecified atom stereocenters. The predicted molar refractivity (Wildman–Crippen MR) is 97.5 cm³/mol. The number of hydrogen-bond donors (Lipinski definition) is 3. The Morgan fingerprint density at radius 1 is 1.31 bits per heavy atom. The zero-order chi connectivity index (χ0) is 18.8. The van der Waals surface area contributed by atoms with Gasteiger partial charge in [-0.1, -0.05) is 30.3 Å². The van der Waals surface area contributed by atoms with Gasteiger partial charge in [0, 0.05) is 25.7 Å². The van der Waals surface area contributed by atoms with E-state index in [2.05, 4.69) is 5.43 Å². The largest absolute Gasteiger partial charge is 0.480 e. The first-order valence-electron chi connectivity index (χ1n) is 7.93. The maximum atomic E-state index is 11.7. The van der Waals surface area contributed by atoms with Gasteiger partial charge in [-0.15, -0.1) is 0 Å². The van der Waals surface area contributed by atoms with Crippen molar-refractivity contribution < 1.29 is 14.8 Å². The number of rotatable bonds is 6. The summed E-state index contributed by atoms with van der Waals surface area (Å²) in [6, 6.07) is 11.7. The van der Waals surface area contributed by atoms with Gasteiger partial charge in [0.2, 0.25) is 0 Å². The molecule has 8 nitrogen and oxygen atoms in total. The van der Waals surface area contributed by atoms with Crippen LogP contribution in [0.25, 0.3) is 22.0 Å². The van der Waals surface area contributed by atoms with Gasteiger partial charge in [-0.25, -0.2) is 5.43 Å². The van der Waals surface area contributed by atoms with E-state index in [-0.39, 0.29) is 12.1 Å². The molecule has 1 aromatic heterocycles. The van der Waals surface area contributed by atoms with Crippen molar-refractivity contribution in [2.24, 2.45) is 12.9 Å². The van der Waals surface area contributed by atoms with Crippen molar-refractivity contribution in [2.75, 3.05) is 0 Å². The lowest BCUT2D eigenvalue weighted by molar-refractivity contribution is -0.383. The molecule has 0 aliphatic rings. The van der Waals surface area contributed by atoms with Gasteiger partial charge in [0.1, 0.15) is 6.04 Å². The van der Waals surface area contributed by atoms with Crippen LogP contribution in [0.5, 0.6) is 0 Å². The molecule has 0 amide bonds. The van der Waals surface area contributed by atoms with Crippen LogP contribution in [-0.4, -0.2) is 26.6 Å². The number of carbonyl (C=O) groups is 1. The van der Waals surface area contributed by atoms with E-state index >= 15 is 0 Å². The molecule has 134 valence electrons. The maximum absolute atomic E-state index is 11.7. The number of nitro benzene ring substituents is 1. The van der Waals surface area contributed by atoms with Gasteiger partial charge in [-0.2, -0.15) is 0 Å². The van der Waals surface area contributed by atoms with Gasteiger partial charge in [0.15, 0.2) is 0 Å². The highest BCUT2D eigenvalue weighted by Gasteiger charge is 2.24. The molecule has 3 aromatic rings. The molecular formula is C18H18N4O4. The fourth-order valence-electron chi connectivity index (χ4n) is 3.12. The van der Waals surface area contributed by atoms with E-state index in [1.54, 1.807) is 17.8 Å². The summed E-state index contributed by atoms with van der Waals surface area (Å²) < 4.78 is 1.76. The fourth-order valence-corrected chi connectivity index (χ4v) is 3.12. The number of aromatic nitrogens is 1. The monoisotopic (exact) mass is 354 g/mol. The number of benzene rings is 2. The Labute approximate surface area is 149 Å². The van der Waals surface area contributed by atoms with E-state index in [1.807, 2.05) is 36.4 Å². The van der Waals surface area contributed by atoms with E-state index in [4.69, 9.17) is 5.84 Å². The van der Waals surface area contributed by atoms with Crippen LogP contribution in [-0.2, 0) is 18.3 Å². The molecule has 0 bridgehead atoms. The van der Waals surface area contributed by atoms with E-state index in [1.165, 1.54) is 6.07 Å². The number of non-ortho nitro benzene ring substituents is 1. The summed E-state index contributed by atoms with van der Waals surface area (Å²) >= 11 is 0. The van der Waals surface area contributed by atoms with Crippen molar-refractivity contribution >= 4 is 22.6 Å². The summed E-state index contributed by atoms with van der Waals surface area (Å²) in [7, 11) is 1.77. The molecule has 0 aliphatic carbocycles. The molecule has 4 N–H and O–H groups in total. The normalized spacial score (nSPS) is 12.2. The highest BCUT2D eigenvalue weighted by molar-refractivity contribution is 5.96. The Hall–Kier alpha value is -3.23. The Morgan fingerprint density at radius 3 is 2.58 bits per heavy atom. The van der Waals surface area contributed by atoms with Gasteiger partial charge in [-0.3, -0.25) is 20.8 Å². The quantitative estimate of drug-likeness (QED) is 0.354. The van der Waals surface area contributed by atoms with E-state index in [0.717, 1.165) is 11.1 Å². The van der Waals surface area contributed by atoms with Crippen LogP contribution in [0, 0.1) is 10.1 Å². The highest BCUT2D eigenvalue weighted by atomic mass is 16.6. The van der Waals surface area contributed by atoms with Gasteiger partial charge >= 0.3 is 5.97 Å². The van der Waals surface area contributed by atoms with Crippen molar-refractivity contribution in [3.63, 3.8) is 0 Å². The summed E-state index contributed by atoms with van der Waals surface area (Å²) in [5.74, 6) is 4.18. The molecule has 0 saturated carbocycles. The topological polar surface area (TPSA) is 123 Å². The van der Waals surface area contributed by atoms with Crippen LogP contribution < -0.4 is 11.3 Å². The van der Waals surface area contributed by atoms with Crippen molar-refractivity contribution in [1.82, 2.24) is 9.99 Å². The maximum Gasteiger partial charge on any atom is 0.322 e. The Balaban J connectivity index is 2.21. The molecule has 0 fully saturated rings. The van der Waals surface area contributed by atoms with Gasteiger partial charge in [-0.05, 0) is 22.8 Å². The van der Waals surface area contributed by atoms with E-state index < -0.39 is 16.9 Å². The van der Waals surface area contributed by atoms with E-state index in [0.29, 0.717) is 16.5 Å². The highest BCUT2D eigenvalue weighted by Crippen LogP contribution is 2.35. The summed E-state index contributed by atoms with van der Waals surface area (Å²) in [6.07, 6.45) is 1.74. The van der Waals surface area contributed by atoms with Crippen LogP contribution in [0.4, 0.5) is 5.69 Å². The standard InChI is InChI=1S/C18H18N4O4/c1-21-10-13(7-14(20-19)18(23)24)17-15(21)8-12(9-16(17)22(25)26)11-5-3-2-4-6-11/h2-6,8-10,14,20H,7,19H2,1H3,(H,23,24). The molecule has 0 spiro atoms. The molecule has 8 heteroatoms. The third-order valence-electron chi connectivity index (χ3n) is 4.37. The lowest BCUT2D eigenvalue weighted by Gasteiger charge is -2.10. The number of nitro groups is 1. The number of nitrogens with zero attached hydrogens (tertiary/aromatic N) is 2. The van der Waals surface area contributed by atoms with Crippen molar-refractivity contribution in [3.05, 3.63) is 64.3 Å². The lowest BCUT2D eigenvalue weighted by atomic mass is 9.99. The zero-order valence-electron chi connectivity index (χ0n) is 14.0. The molecule has 26 heavy (non-hydrogen) atoms. The summed E-state index contributed by atoms with van der Waals surface area (Å²) in [4.78, 5) is 22.5. The van der Waals surface area contributed by atoms with Gasteiger partial charge in [0.05, 0.1) is 15.8 Å². The van der Waals surface area contributed by atoms with Gasteiger partial charge < -0.3 is 9.67 Å². The minimum Gasteiger partial charge on any atom is -0.480 e. The van der Waals surface area contributed by atoms with Crippen molar-refractivity contribution in [3.8, 4) is 11.1 Å². The third-order valence-corrected chi connectivity index (χ3v) is 4.37. The number of fused-ring (bicyclic) bond motifs is 1. The molecule has 0 radical (unpaired) electrons. The fraction of sp³-hybridized carbons (Fsp3) is 0.167. The first-order valence-corrected chi connectivity index (χ1v) is 7.93. The van der Waals surface area contributed by atoms with E-state index in [9.17, 15) is 20.0 Å². The Morgan fingerprint density at radius 2 is 2.00 bits per heavy atom. The number of hydrogen-bond acceptors (Lipinski definition) is 5. The average molecular weight is 354 g/mol. The van der Waals surface area contributed by atoms with Crippen LogP contribution in [0.15, 0.2) is 48.7 Å². The number of hydrazine groups is 1. The first kappa shape index (κ1) is 17.6. The second-order valence-electron chi connectivity index (χ2n) is 6.04. The molecule has 2 aromatic carbocycles. The Kier molecular flexibility index (Phi) is 4.70. The van der Waals surface area contributed by atoms with Crippen LogP contribution in [0.1, 0.15) is 5.56 Å². The van der Waals surface area contributed by atoms with Gasteiger partial charge in [0.25, 0.3) is 5.69 Å². The van der Waals surface area contributed by atoms with Crippen molar-refractivity contribution in [2.45, 2.75) is 12.5 Å². The van der Waals surface area contributed by atoms with Crippen molar-refractivity contribution in [1.29, 1.82) is 0 Å². The molecule has 1 atom stereocenters. The molecular weight excluding hydrogens is 336 g/mol. The Bertz CT molecular complexity index is 982. The smallest absolute Gasteiger partial charge is 0.322 e.